The van der Waals surface area contributed by atoms with Crippen molar-refractivity contribution in [3.63, 3.8) is 0 Å². The molecule has 2 fully saturated rings. The van der Waals surface area contributed by atoms with Crippen LogP contribution in [0, 0.1) is 12.3 Å². The second-order valence-electron chi connectivity index (χ2n) is 3.95. The van der Waals surface area contributed by atoms with Crippen LogP contribution in [-0.4, -0.2) is 24.0 Å². The zero-order valence-corrected chi connectivity index (χ0v) is 8.83. The molecular weight excluding hydrogens is 192 g/mol. The summed E-state index contributed by atoms with van der Waals surface area (Å²) in [6, 6.07) is 0.532. The molecule has 1 saturated carbocycles. The Balaban J connectivity index is 1.86. The van der Waals surface area contributed by atoms with Crippen molar-refractivity contribution in [3.8, 4) is 12.3 Å². The molecule has 0 spiro atoms. The lowest BCUT2D eigenvalue weighted by Crippen LogP contribution is -2.49. The standard InChI is InChI=1S/C10H18N4O/c1-2-8-15-10-11-12-13-14(10)9-6-4-3-5-7-9/h1,9-13H,3-8H2. The summed E-state index contributed by atoms with van der Waals surface area (Å²) >= 11 is 0. The first-order chi connectivity index (χ1) is 7.42. The zero-order chi connectivity index (χ0) is 10.5. The summed E-state index contributed by atoms with van der Waals surface area (Å²) in [6.45, 7) is 0.324. The van der Waals surface area contributed by atoms with Crippen molar-refractivity contribution >= 4 is 0 Å². The maximum Gasteiger partial charge on any atom is 0.194 e. The van der Waals surface area contributed by atoms with Gasteiger partial charge in [-0.15, -0.1) is 6.42 Å². The highest BCUT2D eigenvalue weighted by molar-refractivity contribution is 4.84. The van der Waals surface area contributed by atoms with E-state index in [0.717, 1.165) is 0 Å². The highest BCUT2D eigenvalue weighted by Crippen LogP contribution is 2.23. The van der Waals surface area contributed by atoms with Crippen molar-refractivity contribution in [2.75, 3.05) is 6.61 Å². The molecule has 1 atom stereocenters. The number of nitrogens with one attached hydrogen (secondary N) is 3. The first-order valence-electron chi connectivity index (χ1n) is 5.51. The van der Waals surface area contributed by atoms with Crippen molar-refractivity contribution in [2.24, 2.45) is 0 Å². The van der Waals surface area contributed by atoms with Gasteiger partial charge < -0.3 is 4.74 Å². The Bertz CT molecular complexity index is 234. The van der Waals surface area contributed by atoms with Gasteiger partial charge in [-0.05, 0) is 12.8 Å². The molecule has 1 unspecified atom stereocenters. The van der Waals surface area contributed by atoms with E-state index in [2.05, 4.69) is 27.4 Å². The van der Waals surface area contributed by atoms with Gasteiger partial charge in [0.05, 0.1) is 0 Å². The van der Waals surface area contributed by atoms with Gasteiger partial charge in [0.1, 0.15) is 6.61 Å². The minimum Gasteiger partial charge on any atom is -0.334 e. The lowest BCUT2D eigenvalue weighted by molar-refractivity contribution is -0.0788. The molecular formula is C10H18N4O. The van der Waals surface area contributed by atoms with Gasteiger partial charge in [0, 0.05) is 6.04 Å². The summed E-state index contributed by atoms with van der Waals surface area (Å²) in [6.07, 6.45) is 11.4. The third kappa shape index (κ3) is 2.68. The van der Waals surface area contributed by atoms with Gasteiger partial charge in [0.2, 0.25) is 0 Å². The minimum atomic E-state index is -0.163. The summed E-state index contributed by atoms with van der Waals surface area (Å²) in [5.74, 6) is 2.47. The Morgan fingerprint density at radius 2 is 2.13 bits per heavy atom. The largest absolute Gasteiger partial charge is 0.334 e. The van der Waals surface area contributed by atoms with Gasteiger partial charge in [0.15, 0.2) is 6.35 Å². The molecule has 0 bridgehead atoms. The van der Waals surface area contributed by atoms with Crippen LogP contribution in [0.3, 0.4) is 0 Å². The summed E-state index contributed by atoms with van der Waals surface area (Å²) in [4.78, 5) is 0. The summed E-state index contributed by atoms with van der Waals surface area (Å²) in [5, 5.41) is 2.08. The summed E-state index contributed by atoms with van der Waals surface area (Å²) < 4.78 is 5.47. The predicted octanol–water partition coefficient (Wildman–Crippen LogP) is 0.0819. The molecule has 0 aromatic heterocycles. The quantitative estimate of drug-likeness (QED) is 0.576. The molecule has 0 aromatic rings. The van der Waals surface area contributed by atoms with Gasteiger partial charge in [0.25, 0.3) is 0 Å². The number of hydrogen-bond donors (Lipinski definition) is 3. The molecule has 3 N–H and O–H groups in total. The molecule has 0 aromatic carbocycles. The molecule has 0 radical (unpaired) electrons. The predicted molar refractivity (Wildman–Crippen MR) is 56.7 cm³/mol. The second kappa shape index (κ2) is 5.45. The molecule has 5 heteroatoms. The Morgan fingerprint density at radius 1 is 1.33 bits per heavy atom. The van der Waals surface area contributed by atoms with E-state index in [9.17, 15) is 0 Å². The van der Waals surface area contributed by atoms with Crippen molar-refractivity contribution in [1.29, 1.82) is 0 Å². The van der Waals surface area contributed by atoms with Crippen molar-refractivity contribution in [3.05, 3.63) is 0 Å². The van der Waals surface area contributed by atoms with Crippen LogP contribution >= 0.6 is 0 Å². The van der Waals surface area contributed by atoms with Crippen molar-refractivity contribution in [2.45, 2.75) is 44.5 Å². The van der Waals surface area contributed by atoms with E-state index in [1.807, 2.05) is 0 Å². The topological polar surface area (TPSA) is 48.6 Å². The second-order valence-corrected chi connectivity index (χ2v) is 3.95. The number of terminal acetylenes is 1. The third-order valence-electron chi connectivity index (χ3n) is 2.93. The fourth-order valence-electron chi connectivity index (χ4n) is 2.18. The lowest BCUT2D eigenvalue weighted by Gasteiger charge is -2.32. The smallest absolute Gasteiger partial charge is 0.194 e. The fraction of sp³-hybridized carbons (Fsp3) is 0.800. The Labute approximate surface area is 90.4 Å². The maximum atomic E-state index is 5.47. The van der Waals surface area contributed by atoms with Crippen LogP contribution in [0.5, 0.6) is 0 Å². The number of hydrazine groups is 3. The molecule has 2 aliphatic rings. The first kappa shape index (κ1) is 10.9. The van der Waals surface area contributed by atoms with Crippen molar-refractivity contribution in [1.82, 2.24) is 21.5 Å². The minimum absolute atomic E-state index is 0.163. The Morgan fingerprint density at radius 3 is 2.87 bits per heavy atom. The van der Waals surface area contributed by atoms with Gasteiger partial charge >= 0.3 is 0 Å². The molecule has 0 amide bonds. The van der Waals surface area contributed by atoms with E-state index in [4.69, 9.17) is 11.2 Å². The molecule has 1 aliphatic heterocycles. The fourth-order valence-corrected chi connectivity index (χ4v) is 2.18. The lowest BCUT2D eigenvalue weighted by atomic mass is 9.95. The number of rotatable bonds is 3. The first-order valence-corrected chi connectivity index (χ1v) is 5.51. The Kier molecular flexibility index (Phi) is 3.94. The molecule has 5 nitrogen and oxygen atoms in total. The number of nitrogens with zero attached hydrogens (tertiary/aromatic N) is 1. The van der Waals surface area contributed by atoms with Crippen LogP contribution in [0.2, 0.25) is 0 Å². The average molecular weight is 210 g/mol. The van der Waals surface area contributed by atoms with Crippen molar-refractivity contribution < 1.29 is 4.74 Å². The van der Waals surface area contributed by atoms with E-state index in [1.165, 1.54) is 32.1 Å². The van der Waals surface area contributed by atoms with Gasteiger partial charge in [-0.25, -0.2) is 5.43 Å². The normalized spacial score (nSPS) is 29.1. The van der Waals surface area contributed by atoms with E-state index >= 15 is 0 Å². The Hall–Kier alpha value is -0.640. The number of ether oxygens (including phenoxy) is 1. The third-order valence-corrected chi connectivity index (χ3v) is 2.93. The van der Waals surface area contributed by atoms with Crippen LogP contribution in [-0.2, 0) is 4.74 Å². The van der Waals surface area contributed by atoms with Crippen LogP contribution in [0.4, 0.5) is 0 Å². The molecule has 1 aliphatic carbocycles. The van der Waals surface area contributed by atoms with Gasteiger partial charge in [-0.3, -0.25) is 0 Å². The van der Waals surface area contributed by atoms with Crippen LogP contribution in [0.25, 0.3) is 0 Å². The highest BCUT2D eigenvalue weighted by Gasteiger charge is 2.31. The number of hydrogen-bond acceptors (Lipinski definition) is 5. The van der Waals surface area contributed by atoms with E-state index in [0.29, 0.717) is 12.6 Å². The van der Waals surface area contributed by atoms with Crippen LogP contribution in [0.1, 0.15) is 32.1 Å². The van der Waals surface area contributed by atoms with E-state index < -0.39 is 0 Å². The molecule has 84 valence electrons. The molecule has 2 rings (SSSR count). The van der Waals surface area contributed by atoms with Gasteiger partial charge in [-0.1, -0.05) is 25.2 Å². The SMILES string of the molecule is C#CCOC1NNNN1C1CCCCC1. The van der Waals surface area contributed by atoms with Crippen LogP contribution < -0.4 is 16.5 Å². The summed E-state index contributed by atoms with van der Waals surface area (Å²) in [5.41, 5.74) is 8.91. The summed E-state index contributed by atoms with van der Waals surface area (Å²) in [7, 11) is 0. The van der Waals surface area contributed by atoms with E-state index in [1.54, 1.807) is 0 Å². The highest BCUT2D eigenvalue weighted by atomic mass is 16.5. The van der Waals surface area contributed by atoms with E-state index in [-0.39, 0.29) is 6.35 Å². The molecule has 1 saturated heterocycles. The average Bonchev–Trinajstić information content (AvgIpc) is 2.75. The van der Waals surface area contributed by atoms with Gasteiger partial charge in [-0.2, -0.15) is 16.1 Å². The zero-order valence-electron chi connectivity index (χ0n) is 8.83. The molecule has 1 heterocycles. The molecule has 15 heavy (non-hydrogen) atoms. The maximum absolute atomic E-state index is 5.47. The monoisotopic (exact) mass is 210 g/mol. The van der Waals surface area contributed by atoms with Crippen LogP contribution in [0.15, 0.2) is 0 Å².